The lowest BCUT2D eigenvalue weighted by Crippen LogP contribution is -2.45. The molecule has 1 aromatic rings. The van der Waals surface area contributed by atoms with Crippen LogP contribution in [-0.2, 0) is 6.18 Å². The molecule has 0 radical (unpaired) electrons. The van der Waals surface area contributed by atoms with E-state index < -0.39 is 11.7 Å². The Bertz CT molecular complexity index is 474. The molecule has 1 saturated heterocycles. The highest BCUT2D eigenvalue weighted by Gasteiger charge is 2.32. The first-order valence-electron chi connectivity index (χ1n) is 7.25. The molecule has 1 aliphatic rings. The Morgan fingerprint density at radius 1 is 1.27 bits per heavy atom. The fraction of sp³-hybridized carbons (Fsp3) is 0.600. The molecule has 1 N–H and O–H groups in total. The second-order valence-electron chi connectivity index (χ2n) is 5.32. The Hall–Kier alpha value is -0.490. The monoisotopic (exact) mass is 356 g/mol. The molecule has 0 amide bonds. The first-order valence-corrected chi connectivity index (χ1v) is 7.62. The second-order valence-corrected chi connectivity index (χ2v) is 5.73. The van der Waals surface area contributed by atoms with Crippen LogP contribution in [0.1, 0.15) is 36.9 Å². The summed E-state index contributed by atoms with van der Waals surface area (Å²) < 4.78 is 38.8. The molecule has 2 nitrogen and oxygen atoms in total. The van der Waals surface area contributed by atoms with E-state index in [1.807, 2.05) is 6.92 Å². The Labute approximate surface area is 140 Å². The Morgan fingerprint density at radius 2 is 1.91 bits per heavy atom. The number of hydrogen-bond donors (Lipinski definition) is 1. The zero-order valence-electron chi connectivity index (χ0n) is 12.4. The van der Waals surface area contributed by atoms with Crippen LogP contribution in [0.3, 0.4) is 0 Å². The van der Waals surface area contributed by atoms with Gasteiger partial charge < -0.3 is 5.32 Å². The zero-order chi connectivity index (χ0) is 15.5. The summed E-state index contributed by atoms with van der Waals surface area (Å²) in [4.78, 5) is 2.22. The van der Waals surface area contributed by atoms with Crippen LogP contribution in [0.2, 0.25) is 5.02 Å². The predicted octanol–water partition coefficient (Wildman–Crippen LogP) is 4.53. The summed E-state index contributed by atoms with van der Waals surface area (Å²) in [5, 5.41) is 3.68. The van der Waals surface area contributed by atoms with Crippen LogP contribution in [0.5, 0.6) is 0 Å². The van der Waals surface area contributed by atoms with Gasteiger partial charge in [0, 0.05) is 37.2 Å². The van der Waals surface area contributed by atoms with Crippen molar-refractivity contribution >= 4 is 24.0 Å². The van der Waals surface area contributed by atoms with Crippen molar-refractivity contribution in [1.82, 2.24) is 10.2 Å². The van der Waals surface area contributed by atoms with Crippen LogP contribution in [0.4, 0.5) is 13.2 Å². The van der Waals surface area contributed by atoms with Gasteiger partial charge in [0.2, 0.25) is 0 Å². The summed E-state index contributed by atoms with van der Waals surface area (Å²) >= 11 is 6.19. The van der Waals surface area contributed by atoms with Gasteiger partial charge in [-0.15, -0.1) is 12.4 Å². The average Bonchev–Trinajstić information content (AvgIpc) is 2.45. The van der Waals surface area contributed by atoms with E-state index in [2.05, 4.69) is 10.2 Å². The Kier molecular flexibility index (Phi) is 7.46. The molecule has 1 aliphatic heterocycles. The smallest absolute Gasteiger partial charge is 0.314 e. The number of halogens is 5. The summed E-state index contributed by atoms with van der Waals surface area (Å²) in [6.07, 6.45) is -2.62. The topological polar surface area (TPSA) is 15.3 Å². The lowest BCUT2D eigenvalue weighted by Gasteiger charge is -2.35. The summed E-state index contributed by atoms with van der Waals surface area (Å²) in [5.41, 5.74) is -0.0339. The van der Waals surface area contributed by atoms with Crippen molar-refractivity contribution in [3.63, 3.8) is 0 Å². The Morgan fingerprint density at radius 3 is 2.45 bits per heavy atom. The van der Waals surface area contributed by atoms with Gasteiger partial charge in [0.25, 0.3) is 0 Å². The van der Waals surface area contributed by atoms with Crippen molar-refractivity contribution < 1.29 is 13.2 Å². The fourth-order valence-electron chi connectivity index (χ4n) is 2.78. The fourth-order valence-corrected chi connectivity index (χ4v) is 3.02. The van der Waals surface area contributed by atoms with Gasteiger partial charge in [-0.2, -0.15) is 13.2 Å². The summed E-state index contributed by atoms with van der Waals surface area (Å²) in [7, 11) is 0. The maximum atomic E-state index is 12.9. The molecule has 0 bridgehead atoms. The number of nitrogens with one attached hydrogen (secondary N) is 1. The van der Waals surface area contributed by atoms with Gasteiger partial charge in [-0.1, -0.05) is 24.9 Å². The van der Waals surface area contributed by atoms with Crippen molar-refractivity contribution in [1.29, 1.82) is 0 Å². The van der Waals surface area contributed by atoms with Gasteiger partial charge >= 0.3 is 6.18 Å². The molecule has 0 spiro atoms. The summed E-state index contributed by atoms with van der Waals surface area (Å²) in [6, 6.07) is 3.58. The molecule has 22 heavy (non-hydrogen) atoms. The molecule has 7 heteroatoms. The third-order valence-corrected chi connectivity index (χ3v) is 4.18. The van der Waals surface area contributed by atoms with E-state index in [4.69, 9.17) is 11.6 Å². The van der Waals surface area contributed by atoms with E-state index in [1.165, 1.54) is 12.1 Å². The van der Waals surface area contributed by atoms with Gasteiger partial charge in [0.15, 0.2) is 0 Å². The number of piperazine rings is 1. The number of rotatable bonds is 4. The SMILES string of the molecule is CCC[C@H](c1cc(C(F)(F)F)ccc1Cl)N1CCNCC1.Cl. The quantitative estimate of drug-likeness (QED) is 0.852. The maximum absolute atomic E-state index is 12.9. The van der Waals surface area contributed by atoms with Gasteiger partial charge in [0.05, 0.1) is 5.56 Å². The van der Waals surface area contributed by atoms with Gasteiger partial charge in [0.1, 0.15) is 0 Å². The van der Waals surface area contributed by atoms with Gasteiger partial charge in [-0.05, 0) is 30.2 Å². The number of benzene rings is 1. The first kappa shape index (κ1) is 19.6. The molecule has 1 fully saturated rings. The van der Waals surface area contributed by atoms with E-state index in [0.717, 1.165) is 45.1 Å². The molecular weight excluding hydrogens is 336 g/mol. The van der Waals surface area contributed by atoms with Gasteiger partial charge in [-0.25, -0.2) is 0 Å². The molecule has 0 aliphatic carbocycles. The first-order chi connectivity index (χ1) is 9.93. The molecule has 1 atom stereocenters. The van der Waals surface area contributed by atoms with Crippen LogP contribution >= 0.6 is 24.0 Å². The van der Waals surface area contributed by atoms with Crippen molar-refractivity contribution in [3.05, 3.63) is 34.3 Å². The third kappa shape index (κ3) is 4.75. The highest BCUT2D eigenvalue weighted by molar-refractivity contribution is 6.31. The molecule has 1 heterocycles. The molecule has 126 valence electrons. The number of alkyl halides is 3. The highest BCUT2D eigenvalue weighted by Crippen LogP contribution is 2.37. The molecule has 0 aromatic heterocycles. The van der Waals surface area contributed by atoms with Crippen LogP contribution in [0, 0.1) is 0 Å². The normalized spacial score (nSPS) is 17.9. The summed E-state index contributed by atoms with van der Waals surface area (Å²) in [5.74, 6) is 0. The van der Waals surface area contributed by atoms with Crippen molar-refractivity contribution in [2.24, 2.45) is 0 Å². The minimum absolute atomic E-state index is 0. The minimum atomic E-state index is -4.33. The van der Waals surface area contributed by atoms with E-state index >= 15 is 0 Å². The zero-order valence-corrected chi connectivity index (χ0v) is 14.0. The molecular formula is C15H21Cl2F3N2. The van der Waals surface area contributed by atoms with Crippen LogP contribution < -0.4 is 5.32 Å². The van der Waals surface area contributed by atoms with Crippen LogP contribution in [-0.4, -0.2) is 31.1 Å². The van der Waals surface area contributed by atoms with Gasteiger partial charge in [-0.3, -0.25) is 4.90 Å². The van der Waals surface area contributed by atoms with Crippen molar-refractivity contribution in [2.75, 3.05) is 26.2 Å². The van der Waals surface area contributed by atoms with Crippen LogP contribution in [0.15, 0.2) is 18.2 Å². The van der Waals surface area contributed by atoms with Crippen molar-refractivity contribution in [2.45, 2.75) is 32.0 Å². The Balaban J connectivity index is 0.00000242. The average molecular weight is 357 g/mol. The van der Waals surface area contributed by atoms with E-state index in [-0.39, 0.29) is 18.4 Å². The third-order valence-electron chi connectivity index (χ3n) is 3.84. The van der Waals surface area contributed by atoms with E-state index in [1.54, 1.807) is 0 Å². The molecule has 0 unspecified atom stereocenters. The summed E-state index contributed by atoms with van der Waals surface area (Å²) in [6.45, 7) is 5.42. The maximum Gasteiger partial charge on any atom is 0.416 e. The standard InChI is InChI=1S/C15H20ClF3N2.ClH/c1-2-3-14(21-8-6-20-7-9-21)12-10-11(15(17,18)19)4-5-13(12)16;/h4-5,10,14,20H,2-3,6-9H2,1H3;1H/t14-;/m1./s1. The molecule has 0 saturated carbocycles. The predicted molar refractivity (Wildman–Crippen MR) is 85.8 cm³/mol. The lowest BCUT2D eigenvalue weighted by atomic mass is 9.97. The lowest BCUT2D eigenvalue weighted by molar-refractivity contribution is -0.137. The molecule has 2 rings (SSSR count). The van der Waals surface area contributed by atoms with Crippen LogP contribution in [0.25, 0.3) is 0 Å². The van der Waals surface area contributed by atoms with E-state index in [9.17, 15) is 13.2 Å². The number of hydrogen-bond acceptors (Lipinski definition) is 2. The minimum Gasteiger partial charge on any atom is -0.314 e. The number of nitrogens with zero attached hydrogens (tertiary/aromatic N) is 1. The largest absolute Gasteiger partial charge is 0.416 e. The van der Waals surface area contributed by atoms with E-state index in [0.29, 0.717) is 10.6 Å². The molecule has 1 aromatic carbocycles. The second kappa shape index (κ2) is 8.39. The van der Waals surface area contributed by atoms with Crippen molar-refractivity contribution in [3.8, 4) is 0 Å². The highest BCUT2D eigenvalue weighted by atomic mass is 35.5.